The molecule has 0 aliphatic carbocycles. The summed E-state index contributed by atoms with van der Waals surface area (Å²) >= 11 is 3.26. The summed E-state index contributed by atoms with van der Waals surface area (Å²) in [5.41, 5.74) is -1.14. The second kappa shape index (κ2) is 7.49. The lowest BCUT2D eigenvalue weighted by atomic mass is 9.95. The van der Waals surface area contributed by atoms with E-state index in [1.54, 1.807) is 6.07 Å². The van der Waals surface area contributed by atoms with Gasteiger partial charge in [-0.1, -0.05) is 15.9 Å². The molecule has 9 heteroatoms. The lowest BCUT2D eigenvalue weighted by Crippen LogP contribution is -2.30. The Bertz CT molecular complexity index is 995. The van der Waals surface area contributed by atoms with Crippen LogP contribution in [-0.4, -0.2) is 43.3 Å². The van der Waals surface area contributed by atoms with E-state index in [0.29, 0.717) is 10.9 Å². The third-order valence-electron chi connectivity index (χ3n) is 3.64. The van der Waals surface area contributed by atoms with E-state index in [2.05, 4.69) is 20.9 Å². The number of nitrogens with zero attached hydrogens (tertiary/aromatic N) is 3. The standard InChI is InChI=1S/C17H14BrFN4O3/c1-22(2)17(26)14-13(10-6-9(19)4-5-12(10)18)11(7-20)16(25)21-15(14)23(3)8-24/h4-6,8H,1-3H3,(H,21,25). The van der Waals surface area contributed by atoms with Crippen molar-refractivity contribution in [1.82, 2.24) is 9.88 Å². The molecule has 0 radical (unpaired) electrons. The molecule has 7 nitrogen and oxygen atoms in total. The molecule has 2 amide bonds. The lowest BCUT2D eigenvalue weighted by Gasteiger charge is -2.22. The zero-order chi connectivity index (χ0) is 19.6. The van der Waals surface area contributed by atoms with E-state index in [1.165, 1.54) is 38.2 Å². The van der Waals surface area contributed by atoms with Crippen molar-refractivity contribution in [3.8, 4) is 17.2 Å². The van der Waals surface area contributed by atoms with Crippen molar-refractivity contribution in [3.63, 3.8) is 0 Å². The summed E-state index contributed by atoms with van der Waals surface area (Å²) in [5, 5.41) is 9.47. The molecule has 2 aromatic rings. The molecule has 1 heterocycles. The van der Waals surface area contributed by atoms with Crippen LogP contribution >= 0.6 is 15.9 Å². The van der Waals surface area contributed by atoms with Crippen molar-refractivity contribution in [2.75, 3.05) is 26.0 Å². The molecule has 1 aromatic heterocycles. The minimum Gasteiger partial charge on any atom is -0.345 e. The van der Waals surface area contributed by atoms with Gasteiger partial charge in [0.1, 0.15) is 23.3 Å². The lowest BCUT2D eigenvalue weighted by molar-refractivity contribution is -0.107. The molecule has 0 spiro atoms. The molecular formula is C17H14BrFN4O3. The number of hydrogen-bond donors (Lipinski definition) is 1. The highest BCUT2D eigenvalue weighted by Crippen LogP contribution is 2.36. The number of amides is 2. The summed E-state index contributed by atoms with van der Waals surface area (Å²) in [6, 6.07) is 5.47. The van der Waals surface area contributed by atoms with E-state index in [4.69, 9.17) is 0 Å². The minimum atomic E-state index is -0.794. The monoisotopic (exact) mass is 420 g/mol. The van der Waals surface area contributed by atoms with Gasteiger partial charge in [-0.3, -0.25) is 14.4 Å². The molecule has 2 rings (SSSR count). The van der Waals surface area contributed by atoms with Gasteiger partial charge >= 0.3 is 0 Å². The number of carbonyl (C=O) groups excluding carboxylic acids is 2. The van der Waals surface area contributed by atoms with E-state index < -0.39 is 17.3 Å². The van der Waals surface area contributed by atoms with Crippen LogP contribution in [0.4, 0.5) is 10.2 Å². The number of nitrogens with one attached hydrogen (secondary N) is 1. The normalized spacial score (nSPS) is 10.2. The van der Waals surface area contributed by atoms with Crippen LogP contribution in [-0.2, 0) is 4.79 Å². The molecule has 0 unspecified atom stereocenters. The number of aromatic amines is 1. The van der Waals surface area contributed by atoms with Crippen molar-refractivity contribution in [1.29, 1.82) is 5.26 Å². The van der Waals surface area contributed by atoms with Gasteiger partial charge in [0.15, 0.2) is 0 Å². The largest absolute Gasteiger partial charge is 0.345 e. The first kappa shape index (κ1) is 19.3. The fourth-order valence-electron chi connectivity index (χ4n) is 2.40. The Morgan fingerprint density at radius 2 is 2.00 bits per heavy atom. The van der Waals surface area contributed by atoms with Gasteiger partial charge in [-0.15, -0.1) is 0 Å². The van der Waals surface area contributed by atoms with E-state index in [1.807, 2.05) is 0 Å². The Kier molecular flexibility index (Phi) is 5.57. The van der Waals surface area contributed by atoms with Crippen molar-refractivity contribution in [2.24, 2.45) is 0 Å². The molecule has 0 saturated heterocycles. The number of pyridine rings is 1. The van der Waals surface area contributed by atoms with E-state index >= 15 is 0 Å². The molecule has 26 heavy (non-hydrogen) atoms. The Morgan fingerprint density at radius 3 is 2.54 bits per heavy atom. The first-order valence-corrected chi connectivity index (χ1v) is 8.07. The second-order valence-electron chi connectivity index (χ2n) is 5.58. The Morgan fingerprint density at radius 1 is 1.35 bits per heavy atom. The van der Waals surface area contributed by atoms with Gasteiger partial charge in [0.05, 0.1) is 5.56 Å². The second-order valence-corrected chi connectivity index (χ2v) is 6.43. The SMILES string of the molecule is CN(C)C(=O)c1c(N(C)C=O)[nH]c(=O)c(C#N)c1-c1cc(F)ccc1Br. The zero-order valence-electron chi connectivity index (χ0n) is 14.1. The summed E-state index contributed by atoms with van der Waals surface area (Å²) in [7, 11) is 4.31. The van der Waals surface area contributed by atoms with Gasteiger partial charge in [-0.2, -0.15) is 5.26 Å². The highest BCUT2D eigenvalue weighted by Gasteiger charge is 2.28. The van der Waals surface area contributed by atoms with E-state index in [9.17, 15) is 24.0 Å². The number of benzene rings is 1. The number of carbonyl (C=O) groups is 2. The molecule has 134 valence electrons. The smallest absolute Gasteiger partial charge is 0.268 e. The molecule has 0 aliphatic heterocycles. The van der Waals surface area contributed by atoms with Gasteiger partial charge in [0.25, 0.3) is 11.5 Å². The van der Waals surface area contributed by atoms with Crippen molar-refractivity contribution < 1.29 is 14.0 Å². The van der Waals surface area contributed by atoms with Gasteiger partial charge in [0.2, 0.25) is 6.41 Å². The predicted molar refractivity (Wildman–Crippen MR) is 97.4 cm³/mol. The number of hydrogen-bond acceptors (Lipinski definition) is 4. The number of rotatable bonds is 4. The van der Waals surface area contributed by atoms with Crippen LogP contribution in [0.1, 0.15) is 15.9 Å². The number of aromatic nitrogens is 1. The van der Waals surface area contributed by atoms with Crippen LogP contribution in [0.25, 0.3) is 11.1 Å². The molecular weight excluding hydrogens is 407 g/mol. The van der Waals surface area contributed by atoms with Crippen molar-refractivity contribution in [3.05, 3.63) is 50.0 Å². The van der Waals surface area contributed by atoms with Crippen molar-refractivity contribution >= 4 is 34.1 Å². The maximum absolute atomic E-state index is 13.8. The number of nitriles is 1. The molecule has 0 bridgehead atoms. The fourth-order valence-corrected chi connectivity index (χ4v) is 2.85. The van der Waals surface area contributed by atoms with Crippen LogP contribution in [0.5, 0.6) is 0 Å². The number of H-pyrrole nitrogens is 1. The number of halogens is 2. The third kappa shape index (κ3) is 3.36. The summed E-state index contributed by atoms with van der Waals surface area (Å²) in [6.45, 7) is 0. The predicted octanol–water partition coefficient (Wildman–Crippen LogP) is 2.11. The Labute approximate surface area is 156 Å². The maximum Gasteiger partial charge on any atom is 0.268 e. The van der Waals surface area contributed by atoms with Crippen molar-refractivity contribution in [2.45, 2.75) is 0 Å². The topological polar surface area (TPSA) is 97.3 Å². The molecule has 0 fully saturated rings. The molecule has 1 N–H and O–H groups in total. The third-order valence-corrected chi connectivity index (χ3v) is 4.33. The van der Waals surface area contributed by atoms with Crippen LogP contribution in [0.15, 0.2) is 27.5 Å². The van der Waals surface area contributed by atoms with E-state index in [-0.39, 0.29) is 28.1 Å². The Balaban J connectivity index is 3.09. The molecule has 0 saturated carbocycles. The molecule has 0 atom stereocenters. The van der Waals surface area contributed by atoms with Gasteiger partial charge in [0, 0.05) is 36.7 Å². The van der Waals surface area contributed by atoms with Gasteiger partial charge in [-0.05, 0) is 18.2 Å². The highest BCUT2D eigenvalue weighted by molar-refractivity contribution is 9.10. The zero-order valence-corrected chi connectivity index (χ0v) is 15.7. The van der Waals surface area contributed by atoms with Crippen LogP contribution in [0, 0.1) is 17.1 Å². The van der Waals surface area contributed by atoms with Crippen LogP contribution in [0.2, 0.25) is 0 Å². The van der Waals surface area contributed by atoms with Crippen LogP contribution in [0.3, 0.4) is 0 Å². The average molecular weight is 421 g/mol. The van der Waals surface area contributed by atoms with Crippen LogP contribution < -0.4 is 10.5 Å². The van der Waals surface area contributed by atoms with E-state index in [0.717, 1.165) is 11.0 Å². The molecule has 1 aromatic carbocycles. The average Bonchev–Trinajstić information content (AvgIpc) is 2.61. The molecule has 0 aliphatic rings. The fraction of sp³-hybridized carbons (Fsp3) is 0.176. The van der Waals surface area contributed by atoms with Gasteiger partial charge in [-0.25, -0.2) is 4.39 Å². The quantitative estimate of drug-likeness (QED) is 0.765. The summed E-state index contributed by atoms with van der Waals surface area (Å²) in [5.74, 6) is -1.26. The summed E-state index contributed by atoms with van der Waals surface area (Å²) in [6.07, 6.45) is 0.411. The minimum absolute atomic E-state index is 0.0509. The summed E-state index contributed by atoms with van der Waals surface area (Å²) in [4.78, 5) is 41.0. The van der Waals surface area contributed by atoms with Gasteiger partial charge < -0.3 is 14.8 Å². The highest BCUT2D eigenvalue weighted by atomic mass is 79.9. The Hall–Kier alpha value is -2.99. The first-order chi connectivity index (χ1) is 12.2. The maximum atomic E-state index is 13.8. The number of anilines is 1. The summed E-state index contributed by atoms with van der Waals surface area (Å²) < 4.78 is 14.2. The first-order valence-electron chi connectivity index (χ1n) is 7.28.